The van der Waals surface area contributed by atoms with Gasteiger partial charge in [0.25, 0.3) is 0 Å². The van der Waals surface area contributed by atoms with Crippen LogP contribution < -0.4 is 5.73 Å². The molecule has 6 nitrogen and oxygen atoms in total. The molecule has 1 aromatic carbocycles. The monoisotopic (exact) mass is 493 g/mol. The maximum absolute atomic E-state index is 13.5. The number of allylic oxidation sites excluding steroid dienone is 2. The summed E-state index contributed by atoms with van der Waals surface area (Å²) in [5, 5.41) is 3.08. The first-order valence-corrected chi connectivity index (χ1v) is 9.43. The largest absolute Gasteiger partial charge is 0.456 e. The van der Waals surface area contributed by atoms with E-state index in [2.05, 4.69) is 5.10 Å². The number of primary amides is 1. The molecule has 2 aromatic rings. The van der Waals surface area contributed by atoms with Crippen molar-refractivity contribution in [3.63, 3.8) is 0 Å². The summed E-state index contributed by atoms with van der Waals surface area (Å²) < 4.78 is 84.8. The van der Waals surface area contributed by atoms with Crippen molar-refractivity contribution in [2.24, 2.45) is 5.73 Å². The molecule has 2 N–H and O–H groups in total. The van der Waals surface area contributed by atoms with Gasteiger partial charge in [-0.1, -0.05) is 23.7 Å². The molecule has 176 valence electrons. The van der Waals surface area contributed by atoms with E-state index >= 15 is 0 Å². The van der Waals surface area contributed by atoms with Crippen LogP contribution in [0, 0.1) is 0 Å². The van der Waals surface area contributed by atoms with Crippen LogP contribution in [0.25, 0.3) is 5.69 Å². The van der Waals surface area contributed by atoms with Gasteiger partial charge in [-0.3, -0.25) is 9.59 Å². The van der Waals surface area contributed by atoms with Gasteiger partial charge < -0.3 is 10.5 Å². The van der Waals surface area contributed by atoms with Crippen molar-refractivity contribution in [3.05, 3.63) is 70.5 Å². The molecule has 0 bridgehead atoms. The molecule has 2 unspecified atom stereocenters. The predicted octanol–water partition coefficient (Wildman–Crippen LogP) is 4.26. The van der Waals surface area contributed by atoms with Gasteiger partial charge >= 0.3 is 18.3 Å². The Hall–Kier alpha value is -3.28. The summed E-state index contributed by atoms with van der Waals surface area (Å²) in [6.07, 6.45) is -7.90. The number of rotatable bonds is 4. The third kappa shape index (κ3) is 4.61. The van der Waals surface area contributed by atoms with Crippen LogP contribution in [0.1, 0.15) is 23.9 Å². The van der Waals surface area contributed by atoms with E-state index in [-0.39, 0.29) is 21.3 Å². The number of carbonyl (C=O) groups is 2. The van der Waals surface area contributed by atoms with Gasteiger partial charge in [0, 0.05) is 18.0 Å². The highest BCUT2D eigenvalue weighted by Gasteiger charge is 2.48. The zero-order chi connectivity index (χ0) is 24.8. The lowest BCUT2D eigenvalue weighted by Gasteiger charge is -2.36. The summed E-state index contributed by atoms with van der Waals surface area (Å²) in [6.45, 7) is 1.06. The number of carbonyl (C=O) groups excluding carboxylic acids is 2. The predicted molar refractivity (Wildman–Crippen MR) is 103 cm³/mol. The number of hydrogen-bond acceptors (Lipinski definition) is 4. The minimum atomic E-state index is -5.18. The fourth-order valence-corrected chi connectivity index (χ4v) is 3.65. The van der Waals surface area contributed by atoms with Crippen LogP contribution in [-0.2, 0) is 32.1 Å². The Morgan fingerprint density at radius 2 is 1.82 bits per heavy atom. The first kappa shape index (κ1) is 24.4. The number of hydrogen-bond donors (Lipinski definition) is 1. The van der Waals surface area contributed by atoms with Crippen LogP contribution in [0.4, 0.5) is 26.3 Å². The van der Waals surface area contributed by atoms with E-state index in [1.54, 1.807) is 0 Å². The molecular formula is C20H14ClF6N3O3. The number of benzene rings is 1. The van der Waals surface area contributed by atoms with E-state index in [0.717, 1.165) is 25.1 Å². The van der Waals surface area contributed by atoms with Crippen LogP contribution in [-0.4, -0.2) is 27.8 Å². The number of esters is 1. The highest BCUT2D eigenvalue weighted by molar-refractivity contribution is 6.31. The van der Waals surface area contributed by atoms with E-state index in [0.29, 0.717) is 0 Å². The number of nitrogens with zero attached hydrogens (tertiary/aromatic N) is 2. The van der Waals surface area contributed by atoms with Gasteiger partial charge in [-0.2, -0.15) is 31.4 Å². The second kappa shape index (κ2) is 8.25. The fourth-order valence-electron chi connectivity index (χ4n) is 3.40. The molecule has 0 fully saturated rings. The second-order valence-corrected chi connectivity index (χ2v) is 7.46. The first-order valence-electron chi connectivity index (χ1n) is 9.05. The topological polar surface area (TPSA) is 87.2 Å². The molecule has 0 aliphatic heterocycles. The molecule has 1 heterocycles. The van der Waals surface area contributed by atoms with Gasteiger partial charge in [-0.05, 0) is 35.9 Å². The lowest BCUT2D eigenvalue weighted by atomic mass is 9.72. The normalized spacial score (nSPS) is 21.0. The first-order chi connectivity index (χ1) is 15.2. The van der Waals surface area contributed by atoms with E-state index < -0.39 is 52.8 Å². The zero-order valence-corrected chi connectivity index (χ0v) is 17.3. The summed E-state index contributed by atoms with van der Waals surface area (Å²) in [4.78, 5) is 24.1. The summed E-state index contributed by atoms with van der Waals surface area (Å²) in [6, 6.07) is 4.40. The molecule has 0 spiro atoms. The van der Waals surface area contributed by atoms with Crippen LogP contribution >= 0.6 is 11.6 Å². The number of alkyl halides is 6. The Balaban J connectivity index is 2.25. The number of nitrogens with two attached hydrogens (primary N) is 1. The summed E-state index contributed by atoms with van der Waals surface area (Å²) in [7, 11) is 0. The fraction of sp³-hybridized carbons (Fsp3) is 0.250. The molecular weight excluding hydrogens is 480 g/mol. The Labute approximate surface area is 187 Å². The van der Waals surface area contributed by atoms with E-state index in [9.17, 15) is 35.9 Å². The van der Waals surface area contributed by atoms with Crippen molar-refractivity contribution in [3.8, 4) is 5.69 Å². The van der Waals surface area contributed by atoms with E-state index in [4.69, 9.17) is 22.1 Å². The minimum absolute atomic E-state index is 0.0111. The Kier molecular flexibility index (Phi) is 6.09. The number of amides is 1. The van der Waals surface area contributed by atoms with Crippen molar-refractivity contribution in [2.75, 3.05) is 0 Å². The number of halogens is 7. The minimum Gasteiger partial charge on any atom is -0.456 e. The van der Waals surface area contributed by atoms with E-state index in [1.807, 2.05) is 0 Å². The second-order valence-electron chi connectivity index (χ2n) is 7.02. The van der Waals surface area contributed by atoms with Crippen molar-refractivity contribution >= 4 is 23.5 Å². The third-order valence-electron chi connectivity index (χ3n) is 4.80. The SMILES string of the molecule is CC(=O)OC1C=CC(Cl)=CC1(C(N)=O)c1cccc(-n2nc(C(F)(F)F)cc2C(F)(F)F)c1. The molecule has 3 rings (SSSR count). The molecule has 1 aliphatic rings. The van der Waals surface area contributed by atoms with Gasteiger partial charge in [-0.25, -0.2) is 4.68 Å². The van der Waals surface area contributed by atoms with E-state index in [1.165, 1.54) is 24.3 Å². The maximum atomic E-state index is 13.5. The van der Waals surface area contributed by atoms with Crippen LogP contribution in [0.5, 0.6) is 0 Å². The standard InChI is InChI=1S/C20H14ClF6N3O3/c1-10(31)33-16-6-5-12(21)9-18(16,17(28)32)11-3-2-4-13(7-11)30-15(20(25,26)27)8-14(29-30)19(22,23)24/h2-9,16H,1H3,(H2,28,32). The average molecular weight is 494 g/mol. The molecule has 1 amide bonds. The quantitative estimate of drug-likeness (QED) is 0.509. The molecule has 13 heteroatoms. The molecule has 0 radical (unpaired) electrons. The maximum Gasteiger partial charge on any atom is 0.435 e. The van der Waals surface area contributed by atoms with Gasteiger partial charge in [0.15, 0.2) is 5.69 Å². The van der Waals surface area contributed by atoms with Crippen molar-refractivity contribution in [1.82, 2.24) is 9.78 Å². The van der Waals surface area contributed by atoms with Crippen LogP contribution in [0.2, 0.25) is 0 Å². The lowest BCUT2D eigenvalue weighted by molar-refractivity contribution is -0.148. The summed E-state index contributed by atoms with van der Waals surface area (Å²) in [5.74, 6) is -1.86. The summed E-state index contributed by atoms with van der Waals surface area (Å²) >= 11 is 6.03. The smallest absolute Gasteiger partial charge is 0.435 e. The van der Waals surface area contributed by atoms with Crippen LogP contribution in [0.3, 0.4) is 0 Å². The molecule has 1 aromatic heterocycles. The van der Waals surface area contributed by atoms with Gasteiger partial charge in [0.1, 0.15) is 17.2 Å². The average Bonchev–Trinajstić information content (AvgIpc) is 3.15. The highest BCUT2D eigenvalue weighted by atomic mass is 35.5. The zero-order valence-electron chi connectivity index (χ0n) is 16.5. The molecule has 1 aliphatic carbocycles. The number of ether oxygens (including phenoxy) is 1. The molecule has 33 heavy (non-hydrogen) atoms. The lowest BCUT2D eigenvalue weighted by Crippen LogP contribution is -2.51. The van der Waals surface area contributed by atoms with Crippen LogP contribution in [0.15, 0.2) is 53.6 Å². The van der Waals surface area contributed by atoms with Crippen molar-refractivity contribution in [1.29, 1.82) is 0 Å². The van der Waals surface area contributed by atoms with Gasteiger partial charge in [0.2, 0.25) is 5.91 Å². The van der Waals surface area contributed by atoms with Crippen molar-refractivity contribution < 1.29 is 40.7 Å². The van der Waals surface area contributed by atoms with Gasteiger partial charge in [-0.15, -0.1) is 0 Å². The molecule has 2 atom stereocenters. The van der Waals surface area contributed by atoms with Gasteiger partial charge in [0.05, 0.1) is 5.69 Å². The Morgan fingerprint density at radius 1 is 1.15 bits per heavy atom. The summed E-state index contributed by atoms with van der Waals surface area (Å²) in [5.41, 5.74) is -0.336. The Bertz CT molecular complexity index is 1170. The molecule has 0 saturated heterocycles. The number of aromatic nitrogens is 2. The molecule has 0 saturated carbocycles. The highest BCUT2D eigenvalue weighted by Crippen LogP contribution is 2.40. The third-order valence-corrected chi connectivity index (χ3v) is 5.04. The Morgan fingerprint density at radius 3 is 2.36 bits per heavy atom. The van der Waals surface area contributed by atoms with Crippen molar-refractivity contribution in [2.45, 2.75) is 30.8 Å².